The molecule has 0 aromatic heterocycles. The standard InChI is InChI=1S/C22H20BrNO3/c1-22(2)21-19(17-11-13(12-24)3-8-18(17)27-22)16(9-10-26-21)20(25)14-4-6-15(23)7-5-14/h3-8,11,16,19,21H,9-10H2,1-2H3/t16?,19?,21-/m1/s1. The minimum absolute atomic E-state index is 0.117. The molecule has 4 nitrogen and oxygen atoms in total. The Morgan fingerprint density at radius 2 is 1.96 bits per heavy atom. The molecule has 3 atom stereocenters. The molecule has 0 spiro atoms. The Bertz CT molecular complexity index is 930. The summed E-state index contributed by atoms with van der Waals surface area (Å²) in [5.74, 6) is 0.508. The van der Waals surface area contributed by atoms with E-state index in [4.69, 9.17) is 9.47 Å². The van der Waals surface area contributed by atoms with Gasteiger partial charge >= 0.3 is 0 Å². The van der Waals surface area contributed by atoms with Crippen molar-refractivity contribution in [2.24, 2.45) is 5.92 Å². The van der Waals surface area contributed by atoms with E-state index < -0.39 is 5.60 Å². The number of carbonyl (C=O) groups is 1. The van der Waals surface area contributed by atoms with Gasteiger partial charge in [-0.3, -0.25) is 4.79 Å². The quantitative estimate of drug-likeness (QED) is 0.644. The average Bonchev–Trinajstić information content (AvgIpc) is 2.67. The topological polar surface area (TPSA) is 59.3 Å². The molecule has 0 aliphatic carbocycles. The number of halogens is 1. The van der Waals surface area contributed by atoms with Crippen LogP contribution in [0.15, 0.2) is 46.9 Å². The minimum atomic E-state index is -0.551. The van der Waals surface area contributed by atoms with E-state index in [0.717, 1.165) is 15.8 Å². The van der Waals surface area contributed by atoms with Crippen LogP contribution < -0.4 is 4.74 Å². The molecule has 27 heavy (non-hydrogen) atoms. The highest BCUT2D eigenvalue weighted by Crippen LogP contribution is 2.50. The first-order chi connectivity index (χ1) is 12.9. The molecule has 0 N–H and O–H groups in total. The van der Waals surface area contributed by atoms with Gasteiger partial charge < -0.3 is 9.47 Å². The van der Waals surface area contributed by atoms with Gasteiger partial charge in [-0.15, -0.1) is 0 Å². The Kier molecular flexibility index (Phi) is 4.57. The van der Waals surface area contributed by atoms with E-state index in [0.29, 0.717) is 24.2 Å². The third kappa shape index (κ3) is 3.18. The van der Waals surface area contributed by atoms with Crippen molar-refractivity contribution >= 4 is 21.7 Å². The number of nitriles is 1. The molecular formula is C22H20BrNO3. The van der Waals surface area contributed by atoms with E-state index in [-0.39, 0.29) is 23.7 Å². The zero-order valence-corrected chi connectivity index (χ0v) is 16.8. The number of hydrogen-bond donors (Lipinski definition) is 0. The van der Waals surface area contributed by atoms with E-state index in [1.54, 1.807) is 6.07 Å². The van der Waals surface area contributed by atoms with Gasteiger partial charge in [0.25, 0.3) is 0 Å². The highest BCUT2D eigenvalue weighted by molar-refractivity contribution is 9.10. The molecule has 0 saturated carbocycles. The van der Waals surface area contributed by atoms with E-state index in [2.05, 4.69) is 22.0 Å². The third-order valence-corrected chi connectivity index (χ3v) is 6.04. The fourth-order valence-electron chi connectivity index (χ4n) is 4.26. The lowest BCUT2D eigenvalue weighted by molar-refractivity contribution is -0.128. The summed E-state index contributed by atoms with van der Waals surface area (Å²) in [4.78, 5) is 13.4. The molecule has 5 heteroatoms. The van der Waals surface area contributed by atoms with Crippen molar-refractivity contribution in [1.29, 1.82) is 5.26 Å². The van der Waals surface area contributed by atoms with Gasteiger partial charge in [-0.05, 0) is 50.6 Å². The first kappa shape index (κ1) is 18.2. The molecule has 2 heterocycles. The van der Waals surface area contributed by atoms with Crippen molar-refractivity contribution in [3.05, 3.63) is 63.6 Å². The number of benzene rings is 2. The summed E-state index contributed by atoms with van der Waals surface area (Å²) < 4.78 is 13.2. The number of hydrogen-bond acceptors (Lipinski definition) is 4. The normalized spacial score (nSPS) is 25.5. The lowest BCUT2D eigenvalue weighted by Crippen LogP contribution is -2.55. The first-order valence-corrected chi connectivity index (χ1v) is 9.84. The number of Topliss-reactive ketones (excluding diaryl/α,β-unsaturated/α-hetero) is 1. The van der Waals surface area contributed by atoms with E-state index in [1.807, 2.05) is 50.2 Å². The van der Waals surface area contributed by atoms with Crippen molar-refractivity contribution in [3.8, 4) is 11.8 Å². The molecule has 4 rings (SSSR count). The fraction of sp³-hybridized carbons (Fsp3) is 0.364. The van der Waals surface area contributed by atoms with Crippen LogP contribution in [0.25, 0.3) is 0 Å². The second kappa shape index (κ2) is 6.78. The van der Waals surface area contributed by atoms with Crippen LogP contribution in [0.2, 0.25) is 0 Å². The van der Waals surface area contributed by atoms with Crippen LogP contribution in [-0.4, -0.2) is 24.1 Å². The number of ether oxygens (including phenoxy) is 2. The smallest absolute Gasteiger partial charge is 0.166 e. The Labute approximate surface area is 167 Å². The summed E-state index contributed by atoms with van der Waals surface area (Å²) in [5, 5.41) is 9.32. The molecule has 0 radical (unpaired) electrons. The minimum Gasteiger partial charge on any atom is -0.485 e. The Morgan fingerprint density at radius 1 is 1.22 bits per heavy atom. The Balaban J connectivity index is 1.80. The van der Waals surface area contributed by atoms with E-state index >= 15 is 0 Å². The first-order valence-electron chi connectivity index (χ1n) is 9.05. The largest absolute Gasteiger partial charge is 0.485 e. The van der Waals surface area contributed by atoms with Crippen LogP contribution in [0, 0.1) is 17.2 Å². The number of nitrogens with zero attached hydrogens (tertiary/aromatic N) is 1. The molecule has 2 aliphatic heterocycles. The van der Waals surface area contributed by atoms with Gasteiger partial charge in [0.05, 0.1) is 11.6 Å². The van der Waals surface area contributed by atoms with Crippen molar-refractivity contribution in [1.82, 2.24) is 0 Å². The van der Waals surface area contributed by atoms with Gasteiger partial charge in [0.2, 0.25) is 0 Å². The second-order valence-electron chi connectivity index (χ2n) is 7.65. The fourth-order valence-corrected chi connectivity index (χ4v) is 4.53. The van der Waals surface area contributed by atoms with E-state index in [1.165, 1.54) is 0 Å². The predicted molar refractivity (Wildman–Crippen MR) is 105 cm³/mol. The van der Waals surface area contributed by atoms with Gasteiger partial charge in [-0.25, -0.2) is 0 Å². The summed E-state index contributed by atoms with van der Waals surface area (Å²) >= 11 is 3.42. The lowest BCUT2D eigenvalue weighted by Gasteiger charge is -2.49. The van der Waals surface area contributed by atoms with Crippen LogP contribution in [0.3, 0.4) is 0 Å². The lowest BCUT2D eigenvalue weighted by atomic mass is 9.69. The highest BCUT2D eigenvalue weighted by atomic mass is 79.9. The van der Waals surface area contributed by atoms with E-state index in [9.17, 15) is 10.1 Å². The third-order valence-electron chi connectivity index (χ3n) is 5.51. The molecule has 1 fully saturated rings. The zero-order chi connectivity index (χ0) is 19.2. The average molecular weight is 426 g/mol. The van der Waals surface area contributed by atoms with Gasteiger partial charge in [0.15, 0.2) is 5.78 Å². The Hall–Kier alpha value is -2.16. The summed E-state index contributed by atoms with van der Waals surface area (Å²) in [6.07, 6.45) is 0.416. The number of carbonyl (C=O) groups excluding carboxylic acids is 1. The maximum atomic E-state index is 13.4. The maximum absolute atomic E-state index is 13.4. The Morgan fingerprint density at radius 3 is 2.67 bits per heavy atom. The molecule has 2 aromatic rings. The summed E-state index contributed by atoms with van der Waals surface area (Å²) in [6, 6.07) is 15.1. The molecule has 1 saturated heterocycles. The van der Waals surface area contributed by atoms with Gasteiger partial charge in [0.1, 0.15) is 17.5 Å². The van der Waals surface area contributed by atoms with Crippen LogP contribution in [0.1, 0.15) is 47.7 Å². The van der Waals surface area contributed by atoms with Crippen LogP contribution in [0.4, 0.5) is 0 Å². The zero-order valence-electron chi connectivity index (χ0n) is 15.2. The molecular weight excluding hydrogens is 406 g/mol. The van der Waals surface area contributed by atoms with Crippen molar-refractivity contribution in [2.75, 3.05) is 6.61 Å². The molecule has 2 unspecified atom stereocenters. The number of fused-ring (bicyclic) bond motifs is 3. The molecule has 138 valence electrons. The molecule has 2 aromatic carbocycles. The van der Waals surface area contributed by atoms with Crippen LogP contribution >= 0.6 is 15.9 Å². The monoisotopic (exact) mass is 425 g/mol. The summed E-state index contributed by atoms with van der Waals surface area (Å²) in [5.41, 5.74) is 1.61. The van der Waals surface area contributed by atoms with Crippen molar-refractivity contribution < 1.29 is 14.3 Å². The summed E-state index contributed by atoms with van der Waals surface area (Å²) in [7, 11) is 0. The maximum Gasteiger partial charge on any atom is 0.166 e. The van der Waals surface area contributed by atoms with Crippen molar-refractivity contribution in [3.63, 3.8) is 0 Å². The molecule has 0 amide bonds. The highest BCUT2D eigenvalue weighted by Gasteiger charge is 2.51. The SMILES string of the molecule is CC1(C)Oc2ccc(C#N)cc2C2C(C(=O)c3ccc(Br)cc3)CCO[C@H]21. The van der Waals surface area contributed by atoms with Gasteiger partial charge in [-0.2, -0.15) is 5.26 Å². The predicted octanol–water partition coefficient (Wildman–Crippen LogP) is 4.86. The van der Waals surface area contributed by atoms with Crippen LogP contribution in [-0.2, 0) is 4.74 Å². The van der Waals surface area contributed by atoms with Crippen molar-refractivity contribution in [2.45, 2.75) is 37.9 Å². The summed E-state index contributed by atoms with van der Waals surface area (Å²) in [6.45, 7) is 4.52. The number of ketones is 1. The molecule has 0 bridgehead atoms. The number of rotatable bonds is 2. The van der Waals surface area contributed by atoms with Gasteiger partial charge in [0, 0.05) is 34.0 Å². The molecule has 2 aliphatic rings. The van der Waals surface area contributed by atoms with Gasteiger partial charge in [-0.1, -0.05) is 28.1 Å². The second-order valence-corrected chi connectivity index (χ2v) is 8.57. The van der Waals surface area contributed by atoms with Crippen LogP contribution in [0.5, 0.6) is 5.75 Å².